The lowest BCUT2D eigenvalue weighted by molar-refractivity contribution is 0.100. The molecular weight excluding hydrogens is 244 g/mol. The zero-order valence-electron chi connectivity index (χ0n) is 10.4. The molecule has 1 amide bonds. The summed E-state index contributed by atoms with van der Waals surface area (Å²) in [5, 5.41) is 10.8. The number of nitrogens with one attached hydrogen (secondary N) is 1. The SMILES string of the molecule is NC(=O)c1ccc(N)c(NCCCn2ccnn2)c1. The van der Waals surface area contributed by atoms with Crippen molar-refractivity contribution < 1.29 is 4.79 Å². The van der Waals surface area contributed by atoms with E-state index in [0.29, 0.717) is 17.8 Å². The molecule has 1 aromatic carbocycles. The van der Waals surface area contributed by atoms with Crippen LogP contribution < -0.4 is 16.8 Å². The molecule has 1 heterocycles. The lowest BCUT2D eigenvalue weighted by atomic mass is 10.1. The van der Waals surface area contributed by atoms with E-state index in [9.17, 15) is 4.79 Å². The fourth-order valence-corrected chi connectivity index (χ4v) is 1.68. The Morgan fingerprint density at radius 2 is 2.26 bits per heavy atom. The number of nitrogens with two attached hydrogens (primary N) is 2. The number of hydrogen-bond acceptors (Lipinski definition) is 5. The maximum atomic E-state index is 11.1. The molecule has 5 N–H and O–H groups in total. The third-order valence-electron chi connectivity index (χ3n) is 2.69. The molecule has 0 unspecified atom stereocenters. The zero-order chi connectivity index (χ0) is 13.7. The van der Waals surface area contributed by atoms with Gasteiger partial charge in [0.1, 0.15) is 0 Å². The lowest BCUT2D eigenvalue weighted by Gasteiger charge is -2.10. The first-order chi connectivity index (χ1) is 9.16. The second-order valence-corrected chi connectivity index (χ2v) is 4.11. The summed E-state index contributed by atoms with van der Waals surface area (Å²) in [5.74, 6) is -0.467. The van der Waals surface area contributed by atoms with E-state index in [1.54, 1.807) is 29.1 Å². The smallest absolute Gasteiger partial charge is 0.248 e. The zero-order valence-corrected chi connectivity index (χ0v) is 10.4. The third-order valence-corrected chi connectivity index (χ3v) is 2.69. The highest BCUT2D eigenvalue weighted by molar-refractivity contribution is 5.94. The minimum Gasteiger partial charge on any atom is -0.397 e. The van der Waals surface area contributed by atoms with Crippen molar-refractivity contribution in [3.8, 4) is 0 Å². The third kappa shape index (κ3) is 3.44. The number of nitrogen functional groups attached to an aromatic ring is 1. The van der Waals surface area contributed by atoms with Crippen molar-refractivity contribution in [2.75, 3.05) is 17.6 Å². The van der Waals surface area contributed by atoms with Crippen LogP contribution in [0.1, 0.15) is 16.8 Å². The summed E-state index contributed by atoms with van der Waals surface area (Å²) >= 11 is 0. The Morgan fingerprint density at radius 1 is 1.42 bits per heavy atom. The molecule has 0 spiro atoms. The Morgan fingerprint density at radius 3 is 2.95 bits per heavy atom. The molecule has 0 fully saturated rings. The minimum absolute atomic E-state index is 0.438. The predicted octanol–water partition coefficient (Wildman–Crippen LogP) is 0.461. The van der Waals surface area contributed by atoms with E-state index < -0.39 is 5.91 Å². The number of hydrogen-bond donors (Lipinski definition) is 3. The molecule has 0 aliphatic heterocycles. The summed E-state index contributed by atoms with van der Waals surface area (Å²) < 4.78 is 1.75. The minimum atomic E-state index is -0.467. The Bertz CT molecular complexity index is 551. The summed E-state index contributed by atoms with van der Waals surface area (Å²) in [7, 11) is 0. The molecule has 0 aliphatic carbocycles. The first-order valence-electron chi connectivity index (χ1n) is 5.94. The van der Waals surface area contributed by atoms with Gasteiger partial charge in [-0.3, -0.25) is 9.48 Å². The number of benzene rings is 1. The van der Waals surface area contributed by atoms with Gasteiger partial charge >= 0.3 is 0 Å². The van der Waals surface area contributed by atoms with Gasteiger partial charge in [0.2, 0.25) is 5.91 Å². The maximum Gasteiger partial charge on any atom is 0.248 e. The van der Waals surface area contributed by atoms with Gasteiger partial charge in [-0.1, -0.05) is 5.21 Å². The van der Waals surface area contributed by atoms with Crippen molar-refractivity contribution >= 4 is 17.3 Å². The number of aromatic nitrogens is 3. The van der Waals surface area contributed by atoms with Crippen molar-refractivity contribution in [2.24, 2.45) is 5.73 Å². The fraction of sp³-hybridized carbons (Fsp3) is 0.250. The summed E-state index contributed by atoms with van der Waals surface area (Å²) in [6.45, 7) is 1.48. The largest absolute Gasteiger partial charge is 0.397 e. The average molecular weight is 260 g/mol. The van der Waals surface area contributed by atoms with E-state index in [1.807, 2.05) is 6.20 Å². The van der Waals surface area contributed by atoms with Crippen molar-refractivity contribution in [1.82, 2.24) is 15.0 Å². The number of aryl methyl sites for hydroxylation is 1. The highest BCUT2D eigenvalue weighted by Crippen LogP contribution is 2.19. The molecule has 100 valence electrons. The van der Waals surface area contributed by atoms with Crippen LogP contribution in [-0.2, 0) is 6.54 Å². The van der Waals surface area contributed by atoms with Crippen LogP contribution in [0.15, 0.2) is 30.6 Å². The molecule has 0 aliphatic rings. The Kier molecular flexibility index (Phi) is 3.97. The van der Waals surface area contributed by atoms with Gasteiger partial charge in [0.25, 0.3) is 0 Å². The molecule has 0 saturated carbocycles. The first-order valence-corrected chi connectivity index (χ1v) is 5.94. The number of nitrogens with zero attached hydrogens (tertiary/aromatic N) is 3. The summed E-state index contributed by atoms with van der Waals surface area (Å²) in [6.07, 6.45) is 4.31. The standard InChI is InChI=1S/C12H16N6O/c13-10-3-2-9(12(14)19)8-11(10)15-4-1-6-18-7-5-16-17-18/h2-3,5,7-8,15H,1,4,6,13H2,(H2,14,19). The highest BCUT2D eigenvalue weighted by atomic mass is 16.1. The molecular formula is C12H16N6O. The number of carbonyl (C=O) groups is 1. The molecule has 2 rings (SSSR count). The normalized spacial score (nSPS) is 10.3. The molecule has 0 saturated heterocycles. The van der Waals surface area contributed by atoms with Gasteiger partial charge in [-0.15, -0.1) is 5.10 Å². The number of amides is 1. The van der Waals surface area contributed by atoms with Gasteiger partial charge in [-0.25, -0.2) is 0 Å². The van der Waals surface area contributed by atoms with E-state index in [-0.39, 0.29) is 0 Å². The van der Waals surface area contributed by atoms with E-state index in [0.717, 1.165) is 18.7 Å². The molecule has 0 atom stereocenters. The average Bonchev–Trinajstić information content (AvgIpc) is 2.89. The lowest BCUT2D eigenvalue weighted by Crippen LogP contribution is -2.13. The molecule has 19 heavy (non-hydrogen) atoms. The summed E-state index contributed by atoms with van der Waals surface area (Å²) in [6, 6.07) is 4.94. The van der Waals surface area contributed by atoms with Gasteiger partial charge < -0.3 is 16.8 Å². The topological polar surface area (TPSA) is 112 Å². The quantitative estimate of drug-likeness (QED) is 0.516. The molecule has 1 aromatic heterocycles. The Balaban J connectivity index is 1.88. The van der Waals surface area contributed by atoms with Gasteiger partial charge in [0, 0.05) is 24.8 Å². The van der Waals surface area contributed by atoms with Crippen molar-refractivity contribution in [3.05, 3.63) is 36.2 Å². The van der Waals surface area contributed by atoms with Gasteiger partial charge in [0.15, 0.2) is 0 Å². The van der Waals surface area contributed by atoms with Crippen LogP contribution in [0.5, 0.6) is 0 Å². The van der Waals surface area contributed by atoms with Gasteiger partial charge in [-0.2, -0.15) is 0 Å². The first kappa shape index (κ1) is 12.9. The van der Waals surface area contributed by atoms with Gasteiger partial charge in [-0.05, 0) is 24.6 Å². The van der Waals surface area contributed by atoms with Crippen molar-refractivity contribution in [1.29, 1.82) is 0 Å². The maximum absolute atomic E-state index is 11.1. The van der Waals surface area contributed by atoms with Crippen LogP contribution in [0, 0.1) is 0 Å². The van der Waals surface area contributed by atoms with Crippen LogP contribution >= 0.6 is 0 Å². The Labute approximate surface area is 110 Å². The molecule has 7 heteroatoms. The summed E-state index contributed by atoms with van der Waals surface area (Å²) in [5.41, 5.74) is 12.8. The van der Waals surface area contributed by atoms with Crippen LogP contribution in [0.2, 0.25) is 0 Å². The van der Waals surface area contributed by atoms with E-state index in [2.05, 4.69) is 15.6 Å². The predicted molar refractivity (Wildman–Crippen MR) is 72.5 cm³/mol. The van der Waals surface area contributed by atoms with Gasteiger partial charge in [0.05, 0.1) is 17.6 Å². The summed E-state index contributed by atoms with van der Waals surface area (Å²) in [4.78, 5) is 11.1. The monoisotopic (exact) mass is 260 g/mol. The van der Waals surface area contributed by atoms with Crippen LogP contribution in [0.25, 0.3) is 0 Å². The highest BCUT2D eigenvalue weighted by Gasteiger charge is 2.04. The molecule has 0 radical (unpaired) electrons. The number of rotatable bonds is 6. The number of primary amides is 1. The second-order valence-electron chi connectivity index (χ2n) is 4.11. The van der Waals surface area contributed by atoms with Crippen molar-refractivity contribution in [3.63, 3.8) is 0 Å². The molecule has 0 bridgehead atoms. The van der Waals surface area contributed by atoms with E-state index in [1.165, 1.54) is 0 Å². The van der Waals surface area contributed by atoms with Crippen molar-refractivity contribution in [2.45, 2.75) is 13.0 Å². The molecule has 2 aromatic rings. The van der Waals surface area contributed by atoms with Crippen LogP contribution in [-0.4, -0.2) is 27.4 Å². The molecule has 7 nitrogen and oxygen atoms in total. The van der Waals surface area contributed by atoms with E-state index >= 15 is 0 Å². The number of carbonyl (C=O) groups excluding carboxylic acids is 1. The van der Waals surface area contributed by atoms with Crippen LogP contribution in [0.4, 0.5) is 11.4 Å². The fourth-order valence-electron chi connectivity index (χ4n) is 1.68. The Hall–Kier alpha value is -2.57. The second kappa shape index (κ2) is 5.85. The van der Waals surface area contributed by atoms with E-state index in [4.69, 9.17) is 11.5 Å². The van der Waals surface area contributed by atoms with Crippen LogP contribution in [0.3, 0.4) is 0 Å². The number of anilines is 2.